The molecule has 0 radical (unpaired) electrons. The molecule has 72 valence electrons. The van der Waals surface area contributed by atoms with Crippen molar-refractivity contribution in [3.8, 4) is 0 Å². The zero-order valence-corrected chi connectivity index (χ0v) is 7.60. The number of benzene rings is 1. The molecule has 0 saturated heterocycles. The van der Waals surface area contributed by atoms with Crippen molar-refractivity contribution >= 4 is 18.3 Å². The van der Waals surface area contributed by atoms with Crippen molar-refractivity contribution in [2.24, 2.45) is 11.5 Å². The summed E-state index contributed by atoms with van der Waals surface area (Å²) in [5.74, 6) is -1.39. The van der Waals surface area contributed by atoms with E-state index < -0.39 is 11.7 Å². The Bertz CT molecular complexity index is 317. The second-order valence-corrected chi connectivity index (χ2v) is 2.38. The van der Waals surface area contributed by atoms with Crippen molar-refractivity contribution in [1.82, 2.24) is 0 Å². The Balaban J connectivity index is 0.00000144. The van der Waals surface area contributed by atoms with Gasteiger partial charge in [0.2, 0.25) is 0 Å². The maximum atomic E-state index is 12.9. The molecule has 0 atom stereocenters. The molecule has 0 aliphatic rings. The topological polar surface area (TPSA) is 69.1 Å². The number of amides is 1. The van der Waals surface area contributed by atoms with Crippen LogP contribution in [0.4, 0.5) is 4.39 Å². The molecule has 0 aliphatic heterocycles. The highest BCUT2D eigenvalue weighted by Gasteiger charge is 2.07. The average Bonchev–Trinajstić information content (AvgIpc) is 2.03. The number of hydrogen-bond donors (Lipinski definition) is 2. The zero-order valence-electron chi connectivity index (χ0n) is 6.79. The molecule has 1 rings (SSSR count). The van der Waals surface area contributed by atoms with E-state index in [0.717, 1.165) is 0 Å². The summed E-state index contributed by atoms with van der Waals surface area (Å²) in [6, 6.07) is 4.11. The molecule has 13 heavy (non-hydrogen) atoms. The summed E-state index contributed by atoms with van der Waals surface area (Å²) in [6.07, 6.45) is 0. The summed E-state index contributed by atoms with van der Waals surface area (Å²) < 4.78 is 12.9. The van der Waals surface area contributed by atoms with Crippen LogP contribution in [0.3, 0.4) is 0 Å². The van der Waals surface area contributed by atoms with E-state index in [9.17, 15) is 9.18 Å². The van der Waals surface area contributed by atoms with Gasteiger partial charge in [0.15, 0.2) is 0 Å². The van der Waals surface area contributed by atoms with Crippen LogP contribution in [-0.4, -0.2) is 5.91 Å². The Labute approximate surface area is 81.3 Å². The van der Waals surface area contributed by atoms with Gasteiger partial charge in [0.05, 0.1) is 5.56 Å². The minimum Gasteiger partial charge on any atom is -0.366 e. The zero-order chi connectivity index (χ0) is 9.14. The number of carbonyl (C=O) groups is 1. The van der Waals surface area contributed by atoms with E-state index in [2.05, 4.69) is 0 Å². The Morgan fingerprint density at radius 3 is 2.46 bits per heavy atom. The molecule has 0 aliphatic carbocycles. The molecule has 1 amide bonds. The summed E-state index contributed by atoms with van der Waals surface area (Å²) >= 11 is 0. The number of nitrogens with two attached hydrogens (primary N) is 2. The van der Waals surface area contributed by atoms with Crippen molar-refractivity contribution < 1.29 is 9.18 Å². The predicted molar refractivity (Wildman–Crippen MR) is 50.1 cm³/mol. The minimum atomic E-state index is -0.768. The smallest absolute Gasteiger partial charge is 0.251 e. The van der Waals surface area contributed by atoms with E-state index in [0.29, 0.717) is 5.56 Å². The molecular weight excluding hydrogens is 195 g/mol. The van der Waals surface area contributed by atoms with Gasteiger partial charge < -0.3 is 11.5 Å². The SMILES string of the molecule is Cl.NCc1ccc(C(N)=O)c(F)c1. The van der Waals surface area contributed by atoms with Crippen LogP contribution >= 0.6 is 12.4 Å². The minimum absolute atomic E-state index is 0. The van der Waals surface area contributed by atoms with Crippen LogP contribution in [0.5, 0.6) is 0 Å². The van der Waals surface area contributed by atoms with Crippen LogP contribution in [0.25, 0.3) is 0 Å². The lowest BCUT2D eigenvalue weighted by atomic mass is 10.1. The van der Waals surface area contributed by atoms with Crippen LogP contribution in [0.15, 0.2) is 18.2 Å². The molecule has 5 heteroatoms. The lowest BCUT2D eigenvalue weighted by Gasteiger charge is -2.00. The van der Waals surface area contributed by atoms with Crippen LogP contribution in [-0.2, 0) is 6.54 Å². The van der Waals surface area contributed by atoms with Gasteiger partial charge in [0.1, 0.15) is 5.82 Å². The summed E-state index contributed by atoms with van der Waals surface area (Å²) in [7, 11) is 0. The molecule has 0 saturated carbocycles. The van der Waals surface area contributed by atoms with Gasteiger partial charge in [-0.15, -0.1) is 12.4 Å². The molecule has 1 aromatic rings. The molecule has 0 spiro atoms. The second-order valence-electron chi connectivity index (χ2n) is 2.38. The largest absolute Gasteiger partial charge is 0.366 e. The first-order valence-electron chi connectivity index (χ1n) is 3.43. The molecule has 0 heterocycles. The summed E-state index contributed by atoms with van der Waals surface area (Å²) in [5, 5.41) is 0. The first kappa shape index (κ1) is 11.9. The maximum absolute atomic E-state index is 12.9. The third-order valence-corrected chi connectivity index (χ3v) is 1.53. The fraction of sp³-hybridized carbons (Fsp3) is 0.125. The first-order chi connectivity index (χ1) is 5.65. The predicted octanol–water partition coefficient (Wildman–Crippen LogP) is 0.805. The van der Waals surface area contributed by atoms with Crippen LogP contribution < -0.4 is 11.5 Å². The molecule has 0 aromatic heterocycles. The van der Waals surface area contributed by atoms with E-state index in [1.165, 1.54) is 12.1 Å². The number of rotatable bonds is 2. The van der Waals surface area contributed by atoms with Gasteiger partial charge in [0.25, 0.3) is 5.91 Å². The van der Waals surface area contributed by atoms with Gasteiger partial charge in [-0.3, -0.25) is 4.79 Å². The Kier molecular flexibility index (Phi) is 4.37. The third-order valence-electron chi connectivity index (χ3n) is 1.53. The Morgan fingerprint density at radius 1 is 1.46 bits per heavy atom. The van der Waals surface area contributed by atoms with Crippen molar-refractivity contribution in [3.63, 3.8) is 0 Å². The van der Waals surface area contributed by atoms with Crippen molar-refractivity contribution in [3.05, 3.63) is 35.1 Å². The van der Waals surface area contributed by atoms with Gasteiger partial charge in [-0.1, -0.05) is 6.07 Å². The number of primary amides is 1. The summed E-state index contributed by atoms with van der Waals surface area (Å²) in [4.78, 5) is 10.6. The van der Waals surface area contributed by atoms with Crippen LogP contribution in [0, 0.1) is 5.82 Å². The van der Waals surface area contributed by atoms with Crippen molar-refractivity contribution in [1.29, 1.82) is 0 Å². The fourth-order valence-electron chi connectivity index (χ4n) is 0.885. The molecule has 3 nitrogen and oxygen atoms in total. The van der Waals surface area contributed by atoms with E-state index in [4.69, 9.17) is 11.5 Å². The van der Waals surface area contributed by atoms with Crippen LogP contribution in [0.2, 0.25) is 0 Å². The Morgan fingerprint density at radius 2 is 2.08 bits per heavy atom. The highest BCUT2D eigenvalue weighted by atomic mass is 35.5. The number of carbonyl (C=O) groups excluding carboxylic acids is 1. The van der Waals surface area contributed by atoms with Gasteiger partial charge in [-0.25, -0.2) is 4.39 Å². The second kappa shape index (κ2) is 4.79. The molecule has 4 N–H and O–H groups in total. The van der Waals surface area contributed by atoms with Crippen LogP contribution in [0.1, 0.15) is 15.9 Å². The number of halogens is 2. The Hall–Kier alpha value is -1.13. The maximum Gasteiger partial charge on any atom is 0.251 e. The summed E-state index contributed by atoms with van der Waals surface area (Å²) in [5.41, 5.74) is 10.7. The van der Waals surface area contributed by atoms with E-state index in [-0.39, 0.29) is 24.5 Å². The van der Waals surface area contributed by atoms with Crippen molar-refractivity contribution in [2.45, 2.75) is 6.54 Å². The summed E-state index contributed by atoms with van der Waals surface area (Å²) in [6.45, 7) is 0.246. The lowest BCUT2D eigenvalue weighted by Crippen LogP contribution is -2.13. The van der Waals surface area contributed by atoms with Gasteiger partial charge in [-0.2, -0.15) is 0 Å². The highest BCUT2D eigenvalue weighted by Crippen LogP contribution is 2.08. The van der Waals surface area contributed by atoms with E-state index in [1.807, 2.05) is 0 Å². The van der Waals surface area contributed by atoms with Gasteiger partial charge >= 0.3 is 0 Å². The molecule has 0 bridgehead atoms. The molecule has 0 unspecified atom stereocenters. The monoisotopic (exact) mass is 204 g/mol. The van der Waals surface area contributed by atoms with Crippen molar-refractivity contribution in [2.75, 3.05) is 0 Å². The van der Waals surface area contributed by atoms with E-state index >= 15 is 0 Å². The third kappa shape index (κ3) is 2.68. The fourth-order valence-corrected chi connectivity index (χ4v) is 0.885. The molecular formula is C8H10ClFN2O. The first-order valence-corrected chi connectivity index (χ1v) is 3.43. The van der Waals surface area contributed by atoms with Gasteiger partial charge in [-0.05, 0) is 17.7 Å². The molecule has 1 aromatic carbocycles. The lowest BCUT2D eigenvalue weighted by molar-refractivity contribution is 0.0996. The standard InChI is InChI=1S/C8H9FN2O.ClH/c9-7-3-5(4-10)1-2-6(7)8(11)12;/h1-3H,4,10H2,(H2,11,12);1H. The van der Waals surface area contributed by atoms with Gasteiger partial charge in [0, 0.05) is 6.54 Å². The normalized spacial score (nSPS) is 9.08. The molecule has 0 fully saturated rings. The number of hydrogen-bond acceptors (Lipinski definition) is 2. The quantitative estimate of drug-likeness (QED) is 0.749. The van der Waals surface area contributed by atoms with E-state index in [1.54, 1.807) is 6.07 Å². The average molecular weight is 205 g/mol. The highest BCUT2D eigenvalue weighted by molar-refractivity contribution is 5.93.